The Kier molecular flexibility index (Phi) is 5.37. The van der Waals surface area contributed by atoms with Crippen molar-refractivity contribution in [3.05, 3.63) is 35.4 Å². The maximum absolute atomic E-state index is 12.5. The fraction of sp³-hybridized carbons (Fsp3) is 0.600. The predicted octanol–water partition coefficient (Wildman–Crippen LogP) is 1.74. The number of hydrogen-bond acceptors (Lipinski definition) is 3. The number of piperidine rings is 1. The number of hydrogen-bond donors (Lipinski definition) is 2. The highest BCUT2D eigenvalue weighted by atomic mass is 32.2. The molecule has 1 fully saturated rings. The highest BCUT2D eigenvalue weighted by molar-refractivity contribution is 7.87. The van der Waals surface area contributed by atoms with Crippen LogP contribution in [0.1, 0.15) is 43.4 Å². The summed E-state index contributed by atoms with van der Waals surface area (Å²) in [5.41, 5.74) is 2.08. The minimum absolute atomic E-state index is 0.125. The molecule has 2 N–H and O–H groups in total. The van der Waals surface area contributed by atoms with Gasteiger partial charge in [0.15, 0.2) is 0 Å². The van der Waals surface area contributed by atoms with Crippen LogP contribution < -0.4 is 4.72 Å². The Labute approximate surface area is 127 Å². The van der Waals surface area contributed by atoms with Crippen molar-refractivity contribution in [1.29, 1.82) is 0 Å². The first kappa shape index (κ1) is 16.4. The molecule has 2 unspecified atom stereocenters. The van der Waals surface area contributed by atoms with Gasteiger partial charge in [-0.25, -0.2) is 0 Å². The average molecular weight is 312 g/mol. The van der Waals surface area contributed by atoms with E-state index in [0.717, 1.165) is 30.4 Å². The Morgan fingerprint density at radius 1 is 1.33 bits per heavy atom. The smallest absolute Gasteiger partial charge is 0.280 e. The molecule has 0 aromatic heterocycles. The summed E-state index contributed by atoms with van der Waals surface area (Å²) in [6.45, 7) is 4.18. The zero-order valence-corrected chi connectivity index (χ0v) is 13.4. The third kappa shape index (κ3) is 4.03. The molecule has 0 bridgehead atoms. The summed E-state index contributed by atoms with van der Waals surface area (Å²) >= 11 is 0. The summed E-state index contributed by atoms with van der Waals surface area (Å²) < 4.78 is 29.1. The molecule has 1 aromatic rings. The van der Waals surface area contributed by atoms with Crippen LogP contribution in [-0.4, -0.2) is 37.0 Å². The van der Waals surface area contributed by atoms with Gasteiger partial charge in [0.05, 0.1) is 6.61 Å². The number of nitrogens with one attached hydrogen (secondary N) is 1. The topological polar surface area (TPSA) is 69.6 Å². The van der Waals surface area contributed by atoms with Crippen LogP contribution in [0.5, 0.6) is 0 Å². The van der Waals surface area contributed by atoms with Gasteiger partial charge in [0.1, 0.15) is 0 Å². The zero-order valence-electron chi connectivity index (χ0n) is 12.6. The summed E-state index contributed by atoms with van der Waals surface area (Å²) in [4.78, 5) is 0. The second-order valence-electron chi connectivity index (χ2n) is 5.70. The molecule has 0 radical (unpaired) electrons. The van der Waals surface area contributed by atoms with Crippen molar-refractivity contribution in [1.82, 2.24) is 9.03 Å². The van der Waals surface area contributed by atoms with E-state index in [-0.39, 0.29) is 18.7 Å². The number of aliphatic hydroxyl groups is 1. The Bertz CT molecular complexity index is 557. The van der Waals surface area contributed by atoms with Gasteiger partial charge in [0.25, 0.3) is 10.2 Å². The average Bonchev–Trinajstić information content (AvgIpc) is 2.47. The Morgan fingerprint density at radius 3 is 2.62 bits per heavy atom. The molecule has 21 heavy (non-hydrogen) atoms. The standard InChI is InChI=1S/C15H24N2O3S/c1-12-6-8-14(9-7-12)13(2)16-21(19,20)17-10-4-3-5-15(17)11-18/h6-9,13,15-16,18H,3-5,10-11H2,1-2H3. The summed E-state index contributed by atoms with van der Waals surface area (Å²) in [6, 6.07) is 7.21. The fourth-order valence-electron chi connectivity index (χ4n) is 2.69. The van der Waals surface area contributed by atoms with E-state index < -0.39 is 10.2 Å². The number of aliphatic hydroxyl groups excluding tert-OH is 1. The van der Waals surface area contributed by atoms with Crippen molar-refractivity contribution in [2.45, 2.75) is 45.2 Å². The second kappa shape index (κ2) is 6.87. The summed E-state index contributed by atoms with van der Waals surface area (Å²) in [7, 11) is -3.58. The van der Waals surface area contributed by atoms with Gasteiger partial charge in [-0.3, -0.25) is 0 Å². The van der Waals surface area contributed by atoms with Crippen LogP contribution in [0, 0.1) is 6.92 Å². The molecule has 1 aliphatic rings. The minimum atomic E-state index is -3.58. The maximum Gasteiger partial charge on any atom is 0.280 e. The van der Waals surface area contributed by atoms with Crippen LogP contribution in [0.25, 0.3) is 0 Å². The third-order valence-corrected chi connectivity index (χ3v) is 5.75. The largest absolute Gasteiger partial charge is 0.395 e. The maximum atomic E-state index is 12.5. The van der Waals surface area contributed by atoms with Gasteiger partial charge < -0.3 is 5.11 Å². The van der Waals surface area contributed by atoms with Gasteiger partial charge in [-0.05, 0) is 32.3 Å². The quantitative estimate of drug-likeness (QED) is 0.870. The Balaban J connectivity index is 2.10. The van der Waals surface area contributed by atoms with Gasteiger partial charge >= 0.3 is 0 Å². The van der Waals surface area contributed by atoms with E-state index in [9.17, 15) is 13.5 Å². The van der Waals surface area contributed by atoms with Gasteiger partial charge in [0, 0.05) is 18.6 Å². The van der Waals surface area contributed by atoms with Crippen LogP contribution in [-0.2, 0) is 10.2 Å². The van der Waals surface area contributed by atoms with Crippen LogP contribution in [0.4, 0.5) is 0 Å². The van der Waals surface area contributed by atoms with E-state index in [4.69, 9.17) is 0 Å². The number of benzene rings is 1. The zero-order chi connectivity index (χ0) is 15.5. The molecule has 2 rings (SSSR count). The van der Waals surface area contributed by atoms with Crippen molar-refractivity contribution in [3.8, 4) is 0 Å². The van der Waals surface area contributed by atoms with Gasteiger partial charge in [-0.1, -0.05) is 36.2 Å². The fourth-order valence-corrected chi connectivity index (χ4v) is 4.34. The summed E-state index contributed by atoms with van der Waals surface area (Å²) in [5, 5.41) is 9.37. The van der Waals surface area contributed by atoms with E-state index >= 15 is 0 Å². The van der Waals surface area contributed by atoms with Crippen LogP contribution in [0.15, 0.2) is 24.3 Å². The molecule has 1 saturated heterocycles. The van der Waals surface area contributed by atoms with Crippen molar-refractivity contribution in [3.63, 3.8) is 0 Å². The summed E-state index contributed by atoms with van der Waals surface area (Å²) in [5.74, 6) is 0. The van der Waals surface area contributed by atoms with E-state index in [1.165, 1.54) is 4.31 Å². The van der Waals surface area contributed by atoms with Gasteiger partial charge in [-0.15, -0.1) is 0 Å². The van der Waals surface area contributed by atoms with Crippen LogP contribution in [0.3, 0.4) is 0 Å². The van der Waals surface area contributed by atoms with E-state index in [0.29, 0.717) is 6.54 Å². The predicted molar refractivity (Wildman–Crippen MR) is 83.1 cm³/mol. The van der Waals surface area contributed by atoms with Crippen LogP contribution in [0.2, 0.25) is 0 Å². The second-order valence-corrected chi connectivity index (χ2v) is 7.35. The summed E-state index contributed by atoms with van der Waals surface area (Å²) in [6.07, 6.45) is 2.53. The first-order valence-corrected chi connectivity index (χ1v) is 8.84. The molecule has 5 nitrogen and oxygen atoms in total. The lowest BCUT2D eigenvalue weighted by Crippen LogP contribution is -2.50. The lowest BCUT2D eigenvalue weighted by molar-refractivity contribution is 0.153. The molecule has 1 aromatic carbocycles. The van der Waals surface area contributed by atoms with Gasteiger partial charge in [-0.2, -0.15) is 17.4 Å². The van der Waals surface area contributed by atoms with Gasteiger partial charge in [0.2, 0.25) is 0 Å². The number of nitrogens with zero attached hydrogens (tertiary/aromatic N) is 1. The number of rotatable bonds is 5. The van der Waals surface area contributed by atoms with E-state index in [1.807, 2.05) is 38.1 Å². The molecule has 0 amide bonds. The molecular weight excluding hydrogens is 288 g/mol. The minimum Gasteiger partial charge on any atom is -0.395 e. The first-order valence-electron chi connectivity index (χ1n) is 7.40. The number of aryl methyl sites for hydroxylation is 1. The van der Waals surface area contributed by atoms with Crippen LogP contribution >= 0.6 is 0 Å². The van der Waals surface area contributed by atoms with E-state index in [2.05, 4.69) is 4.72 Å². The monoisotopic (exact) mass is 312 g/mol. The first-order chi connectivity index (χ1) is 9.94. The third-order valence-electron chi connectivity index (χ3n) is 4.00. The highest BCUT2D eigenvalue weighted by Crippen LogP contribution is 2.22. The molecule has 6 heteroatoms. The molecule has 0 spiro atoms. The lowest BCUT2D eigenvalue weighted by atomic mass is 10.1. The molecule has 1 heterocycles. The molecule has 118 valence electrons. The molecule has 0 saturated carbocycles. The molecule has 2 atom stereocenters. The Hall–Kier alpha value is -0.950. The normalized spacial score (nSPS) is 22.1. The highest BCUT2D eigenvalue weighted by Gasteiger charge is 2.32. The SMILES string of the molecule is Cc1ccc(C(C)NS(=O)(=O)N2CCCCC2CO)cc1. The van der Waals surface area contributed by atoms with Crippen molar-refractivity contribution >= 4 is 10.2 Å². The van der Waals surface area contributed by atoms with Crippen molar-refractivity contribution in [2.75, 3.05) is 13.2 Å². The van der Waals surface area contributed by atoms with Crippen molar-refractivity contribution < 1.29 is 13.5 Å². The molecule has 0 aliphatic carbocycles. The Morgan fingerprint density at radius 2 is 2.00 bits per heavy atom. The molecular formula is C15H24N2O3S. The molecule has 1 aliphatic heterocycles. The van der Waals surface area contributed by atoms with Crippen molar-refractivity contribution in [2.24, 2.45) is 0 Å². The lowest BCUT2D eigenvalue weighted by Gasteiger charge is -2.34. The van der Waals surface area contributed by atoms with E-state index in [1.54, 1.807) is 0 Å².